The van der Waals surface area contributed by atoms with Gasteiger partial charge >= 0.3 is 5.97 Å². The molecule has 0 radical (unpaired) electrons. The van der Waals surface area contributed by atoms with E-state index in [1.807, 2.05) is 0 Å². The van der Waals surface area contributed by atoms with E-state index in [0.717, 1.165) is 6.07 Å². The van der Waals surface area contributed by atoms with Crippen molar-refractivity contribution in [2.45, 2.75) is 6.42 Å². The fourth-order valence-electron chi connectivity index (χ4n) is 0.753. The largest absolute Gasteiger partial charge is 0.481 e. The minimum absolute atomic E-state index is 0.0706. The van der Waals surface area contributed by atoms with Crippen molar-refractivity contribution in [3.8, 4) is 0 Å². The summed E-state index contributed by atoms with van der Waals surface area (Å²) in [4.78, 5) is 31.0. The summed E-state index contributed by atoms with van der Waals surface area (Å²) < 4.78 is 0. The zero-order valence-corrected chi connectivity index (χ0v) is 6.16. The molecule has 0 fully saturated rings. The number of nitrogens with one attached hydrogen (secondary N) is 1. The van der Waals surface area contributed by atoms with Crippen molar-refractivity contribution in [3.63, 3.8) is 0 Å². The van der Waals surface area contributed by atoms with Gasteiger partial charge in [-0.2, -0.15) is 0 Å². The molecule has 5 heteroatoms. The smallest absolute Gasteiger partial charge is 0.305 e. The molecule has 0 aromatic heterocycles. The predicted molar refractivity (Wildman–Crippen MR) is 42.1 cm³/mol. The van der Waals surface area contributed by atoms with Crippen molar-refractivity contribution in [1.82, 2.24) is 0 Å². The Labute approximate surface area is 67.3 Å². The van der Waals surface area contributed by atoms with E-state index in [1.54, 1.807) is 0 Å². The van der Waals surface area contributed by atoms with Crippen LogP contribution in [-0.2, 0) is 4.79 Å². The van der Waals surface area contributed by atoms with E-state index in [-0.39, 0.29) is 18.7 Å². The summed E-state index contributed by atoms with van der Waals surface area (Å²) in [7, 11) is 0. The average molecular weight is 169 g/mol. The monoisotopic (exact) mass is 169 g/mol. The highest BCUT2D eigenvalue weighted by Gasteiger charge is 2.08. The lowest BCUT2D eigenvalue weighted by Crippen LogP contribution is -2.32. The van der Waals surface area contributed by atoms with Gasteiger partial charge in [-0.15, -0.1) is 0 Å². The molecule has 0 spiro atoms. The highest BCUT2D eigenvalue weighted by Crippen LogP contribution is 1.94. The van der Waals surface area contributed by atoms with Crippen molar-refractivity contribution in [2.75, 3.05) is 11.9 Å². The molecular weight excluding hydrogens is 162 g/mol. The lowest BCUT2D eigenvalue weighted by Gasteiger charge is -2.03. The van der Waals surface area contributed by atoms with Crippen molar-refractivity contribution < 1.29 is 9.90 Å². The molecule has 0 atom stereocenters. The molecule has 0 heterocycles. The normalized spacial score (nSPS) is 10.0. The Morgan fingerprint density at radius 3 is 2.58 bits per heavy atom. The molecule has 0 aliphatic rings. The van der Waals surface area contributed by atoms with Gasteiger partial charge in [0.05, 0.1) is 12.1 Å². The van der Waals surface area contributed by atoms with Gasteiger partial charge in [0.15, 0.2) is 0 Å². The first-order valence-corrected chi connectivity index (χ1v) is 3.37. The van der Waals surface area contributed by atoms with E-state index < -0.39 is 16.8 Å². The summed E-state index contributed by atoms with van der Waals surface area (Å²) in [5.74, 6) is -0.943. The summed E-state index contributed by atoms with van der Waals surface area (Å²) in [5.41, 5.74) is -0.894. The highest BCUT2D eigenvalue weighted by atomic mass is 16.4. The second kappa shape index (κ2) is 3.17. The number of hydrogen-bond donors (Lipinski definition) is 2. The molecule has 0 amide bonds. The molecular formula is C7H7NO4. The number of carboxylic acids is 1. The first-order chi connectivity index (χ1) is 5.61. The van der Waals surface area contributed by atoms with Crippen LogP contribution in [0.5, 0.6) is 0 Å². The van der Waals surface area contributed by atoms with Crippen LogP contribution in [0.15, 0.2) is 15.7 Å². The van der Waals surface area contributed by atoms with Crippen LogP contribution in [0.25, 0.3) is 0 Å². The van der Waals surface area contributed by atoms with Crippen LogP contribution in [0.1, 0.15) is 6.42 Å². The van der Waals surface area contributed by atoms with Crippen LogP contribution in [-0.4, -0.2) is 17.6 Å². The van der Waals surface area contributed by atoms with E-state index in [9.17, 15) is 14.4 Å². The zero-order valence-electron chi connectivity index (χ0n) is 6.16. The molecule has 64 valence electrons. The Morgan fingerprint density at radius 2 is 2.17 bits per heavy atom. The first-order valence-electron chi connectivity index (χ1n) is 3.37. The molecule has 0 aliphatic heterocycles. The van der Waals surface area contributed by atoms with Gasteiger partial charge in [0, 0.05) is 12.6 Å². The molecule has 2 N–H and O–H groups in total. The van der Waals surface area contributed by atoms with Crippen molar-refractivity contribution in [1.29, 1.82) is 0 Å². The average Bonchev–Trinajstić information content (AvgIpc) is 2.02. The van der Waals surface area contributed by atoms with Crippen LogP contribution < -0.4 is 16.2 Å². The molecule has 0 saturated heterocycles. The molecule has 1 aromatic rings. The zero-order chi connectivity index (χ0) is 9.14. The standard InChI is InChI=1S/C7H7NO4/c9-5-3-4(7(5)12)8-2-1-6(10)11/h3,8H,1-2H2,(H,10,11). The van der Waals surface area contributed by atoms with Crippen molar-refractivity contribution in [3.05, 3.63) is 26.5 Å². The van der Waals surface area contributed by atoms with Gasteiger partial charge < -0.3 is 10.4 Å². The number of aliphatic carboxylic acids is 1. The molecule has 1 rings (SSSR count). The summed E-state index contributed by atoms with van der Waals surface area (Å²) in [6.07, 6.45) is -0.0706. The van der Waals surface area contributed by atoms with E-state index in [2.05, 4.69) is 5.32 Å². The Morgan fingerprint density at radius 1 is 1.50 bits per heavy atom. The van der Waals surface area contributed by atoms with E-state index in [4.69, 9.17) is 5.11 Å². The van der Waals surface area contributed by atoms with Gasteiger partial charge in [-0.05, 0) is 0 Å². The van der Waals surface area contributed by atoms with Gasteiger partial charge in [-0.25, -0.2) is 0 Å². The topological polar surface area (TPSA) is 83.5 Å². The van der Waals surface area contributed by atoms with Crippen molar-refractivity contribution in [2.24, 2.45) is 0 Å². The minimum Gasteiger partial charge on any atom is -0.481 e. The van der Waals surface area contributed by atoms with Gasteiger partial charge in [-0.3, -0.25) is 14.4 Å². The molecule has 0 saturated carbocycles. The predicted octanol–water partition coefficient (Wildman–Crippen LogP) is -0.831. The Hall–Kier alpha value is -1.65. The van der Waals surface area contributed by atoms with E-state index in [0.29, 0.717) is 0 Å². The third-order valence-corrected chi connectivity index (χ3v) is 1.40. The Kier molecular flexibility index (Phi) is 2.23. The number of carboxylic acid groups (broad SMARTS) is 1. The molecule has 5 nitrogen and oxygen atoms in total. The fourth-order valence-corrected chi connectivity index (χ4v) is 0.753. The first kappa shape index (κ1) is 8.45. The summed E-state index contributed by atoms with van der Waals surface area (Å²) in [6.45, 7) is 0.167. The van der Waals surface area contributed by atoms with Gasteiger partial charge in [0.2, 0.25) is 10.9 Å². The number of carbonyl (C=O) groups is 1. The third kappa shape index (κ3) is 1.69. The van der Waals surface area contributed by atoms with Gasteiger partial charge in [0.1, 0.15) is 0 Å². The lowest BCUT2D eigenvalue weighted by molar-refractivity contribution is -0.136. The second-order valence-corrected chi connectivity index (χ2v) is 2.32. The molecule has 12 heavy (non-hydrogen) atoms. The van der Waals surface area contributed by atoms with Crippen LogP contribution in [0.4, 0.5) is 5.69 Å². The van der Waals surface area contributed by atoms with E-state index in [1.165, 1.54) is 0 Å². The maximum absolute atomic E-state index is 10.6. The summed E-state index contributed by atoms with van der Waals surface area (Å²) >= 11 is 0. The van der Waals surface area contributed by atoms with E-state index >= 15 is 0 Å². The van der Waals surface area contributed by atoms with Crippen LogP contribution in [0, 0.1) is 0 Å². The molecule has 0 bridgehead atoms. The van der Waals surface area contributed by atoms with Crippen LogP contribution >= 0.6 is 0 Å². The van der Waals surface area contributed by atoms with Gasteiger partial charge in [-0.1, -0.05) is 0 Å². The van der Waals surface area contributed by atoms with Crippen LogP contribution in [0.2, 0.25) is 0 Å². The van der Waals surface area contributed by atoms with Crippen LogP contribution in [0.3, 0.4) is 0 Å². The Balaban J connectivity index is 2.37. The minimum atomic E-state index is -0.943. The van der Waals surface area contributed by atoms with Crippen molar-refractivity contribution >= 4 is 11.7 Å². The molecule has 0 unspecified atom stereocenters. The quantitative estimate of drug-likeness (QED) is 0.575. The lowest BCUT2D eigenvalue weighted by atomic mass is 10.2. The number of rotatable bonds is 4. The third-order valence-electron chi connectivity index (χ3n) is 1.40. The maximum atomic E-state index is 10.6. The summed E-state index contributed by atoms with van der Waals surface area (Å²) in [6, 6.07) is 1.16. The van der Waals surface area contributed by atoms with Gasteiger partial charge in [0.25, 0.3) is 0 Å². The number of hydrogen-bond acceptors (Lipinski definition) is 4. The second-order valence-electron chi connectivity index (χ2n) is 2.32. The summed E-state index contributed by atoms with van der Waals surface area (Å²) in [5, 5.41) is 10.8. The molecule has 1 aromatic carbocycles. The fraction of sp³-hybridized carbons (Fsp3) is 0.286. The SMILES string of the molecule is O=C(O)CCNc1cc(=O)c1=O. The highest BCUT2D eigenvalue weighted by molar-refractivity contribution is 5.67. The Bertz CT molecular complexity index is 361. The maximum Gasteiger partial charge on any atom is 0.305 e. The molecule has 0 aliphatic carbocycles. The number of anilines is 1.